The van der Waals surface area contributed by atoms with E-state index >= 15 is 0 Å². The second-order valence-electron chi connectivity index (χ2n) is 5.15. The van der Waals surface area contributed by atoms with Crippen LogP contribution in [0.1, 0.15) is 40.5 Å². The fourth-order valence-corrected chi connectivity index (χ4v) is 2.00. The molecule has 0 aliphatic heterocycles. The predicted molar refractivity (Wildman–Crippen MR) is 67.8 cm³/mol. The number of hydrogen-bond acceptors (Lipinski definition) is 4. The molecule has 1 rings (SSSR count). The molecule has 0 amide bonds. The zero-order valence-electron chi connectivity index (χ0n) is 11.5. The molecule has 0 aromatic rings. The first kappa shape index (κ1) is 14.7. The fraction of sp³-hybridized carbons (Fsp3) is 0.714. The second kappa shape index (κ2) is 6.57. The summed E-state index contributed by atoms with van der Waals surface area (Å²) < 4.78 is 10.3. The molecule has 1 aliphatic rings. The van der Waals surface area contributed by atoms with Crippen molar-refractivity contribution < 1.29 is 19.1 Å². The zero-order valence-corrected chi connectivity index (χ0v) is 11.5. The Labute approximate surface area is 108 Å². The van der Waals surface area contributed by atoms with Gasteiger partial charge < -0.3 is 9.47 Å². The molecule has 0 radical (unpaired) electrons. The summed E-state index contributed by atoms with van der Waals surface area (Å²) in [5.74, 6) is -1.76. The first-order chi connectivity index (χ1) is 8.41. The summed E-state index contributed by atoms with van der Waals surface area (Å²) >= 11 is 0. The molecular weight excluding hydrogens is 232 g/mol. The maximum Gasteiger partial charge on any atom is 0.320 e. The van der Waals surface area contributed by atoms with E-state index in [-0.39, 0.29) is 18.1 Å². The highest BCUT2D eigenvalue weighted by atomic mass is 16.6. The first-order valence-electron chi connectivity index (χ1n) is 6.47. The normalized spacial score (nSPS) is 15.7. The molecule has 0 aromatic heterocycles. The molecule has 0 aromatic carbocycles. The van der Waals surface area contributed by atoms with Crippen molar-refractivity contribution in [3.63, 3.8) is 0 Å². The Morgan fingerprint density at radius 3 is 1.67 bits per heavy atom. The Morgan fingerprint density at radius 1 is 0.944 bits per heavy atom. The van der Waals surface area contributed by atoms with Crippen molar-refractivity contribution in [1.29, 1.82) is 0 Å². The molecule has 0 saturated carbocycles. The lowest BCUT2D eigenvalue weighted by Crippen LogP contribution is -2.35. The van der Waals surface area contributed by atoms with Crippen molar-refractivity contribution in [2.45, 2.75) is 52.7 Å². The lowest BCUT2D eigenvalue weighted by Gasteiger charge is -2.22. The van der Waals surface area contributed by atoms with E-state index in [0.29, 0.717) is 0 Å². The highest BCUT2D eigenvalue weighted by molar-refractivity contribution is 5.95. The molecule has 1 aliphatic carbocycles. The third-order valence-corrected chi connectivity index (χ3v) is 2.73. The van der Waals surface area contributed by atoms with Crippen LogP contribution in [0.25, 0.3) is 0 Å². The van der Waals surface area contributed by atoms with Gasteiger partial charge in [-0.15, -0.1) is 0 Å². The third-order valence-electron chi connectivity index (χ3n) is 2.73. The molecule has 0 heterocycles. The number of carbonyl (C=O) groups is 2. The van der Waals surface area contributed by atoms with Gasteiger partial charge in [-0.3, -0.25) is 9.59 Å². The minimum Gasteiger partial charge on any atom is -0.462 e. The van der Waals surface area contributed by atoms with E-state index in [0.717, 1.165) is 12.8 Å². The van der Waals surface area contributed by atoms with Crippen LogP contribution in [0.4, 0.5) is 0 Å². The maximum atomic E-state index is 12.0. The molecule has 18 heavy (non-hydrogen) atoms. The molecule has 0 saturated heterocycles. The van der Waals surface area contributed by atoms with Gasteiger partial charge in [-0.25, -0.2) is 0 Å². The minimum absolute atomic E-state index is 0.0255. The molecule has 0 spiro atoms. The number of allylic oxidation sites excluding steroid dienone is 2. The molecule has 4 nitrogen and oxygen atoms in total. The number of carbonyl (C=O) groups excluding carboxylic acids is 2. The van der Waals surface area contributed by atoms with Crippen LogP contribution in [-0.4, -0.2) is 24.1 Å². The quantitative estimate of drug-likeness (QED) is 0.429. The third kappa shape index (κ3) is 4.17. The van der Waals surface area contributed by atoms with E-state index in [4.69, 9.17) is 9.47 Å². The van der Waals surface area contributed by atoms with Gasteiger partial charge in [0.05, 0.1) is 12.2 Å². The summed E-state index contributed by atoms with van der Waals surface area (Å²) in [6.45, 7) is 7.09. The largest absolute Gasteiger partial charge is 0.462 e. The summed E-state index contributed by atoms with van der Waals surface area (Å²) in [7, 11) is 0. The molecule has 0 fully saturated rings. The Bertz CT molecular complexity index is 301. The van der Waals surface area contributed by atoms with Crippen molar-refractivity contribution in [2.24, 2.45) is 11.8 Å². The standard InChI is InChI=1S/C14H22O4/c1-9(2)17-13(15)12(11-7-5-6-8-11)14(16)18-10(3)4/h5-6,9-12H,7-8H2,1-4H3. The highest BCUT2D eigenvalue weighted by Gasteiger charge is 2.38. The number of hydrogen-bond donors (Lipinski definition) is 0. The molecule has 4 heteroatoms. The zero-order chi connectivity index (χ0) is 13.7. The van der Waals surface area contributed by atoms with Crippen LogP contribution in [0.3, 0.4) is 0 Å². The summed E-state index contributed by atoms with van der Waals surface area (Å²) in [5.41, 5.74) is 0. The van der Waals surface area contributed by atoms with Gasteiger partial charge in [0.25, 0.3) is 0 Å². The minimum atomic E-state index is -0.801. The summed E-state index contributed by atoms with van der Waals surface area (Å²) in [5, 5.41) is 0. The van der Waals surface area contributed by atoms with Crippen molar-refractivity contribution >= 4 is 11.9 Å². The van der Waals surface area contributed by atoms with Crippen LogP contribution in [0, 0.1) is 11.8 Å². The molecule has 0 unspecified atom stereocenters. The summed E-state index contributed by atoms with van der Waals surface area (Å²) in [6, 6.07) is 0. The van der Waals surface area contributed by atoms with E-state index in [2.05, 4.69) is 0 Å². The topological polar surface area (TPSA) is 52.6 Å². The Morgan fingerprint density at radius 2 is 1.33 bits per heavy atom. The highest BCUT2D eigenvalue weighted by Crippen LogP contribution is 2.29. The molecule has 102 valence electrons. The molecule has 0 bridgehead atoms. The van der Waals surface area contributed by atoms with Crippen LogP contribution < -0.4 is 0 Å². The van der Waals surface area contributed by atoms with Gasteiger partial charge in [-0.2, -0.15) is 0 Å². The average molecular weight is 254 g/mol. The Kier molecular flexibility index (Phi) is 5.38. The maximum absolute atomic E-state index is 12.0. The Balaban J connectivity index is 2.74. The average Bonchev–Trinajstić information content (AvgIpc) is 2.68. The van der Waals surface area contributed by atoms with Crippen LogP contribution in [0.15, 0.2) is 12.2 Å². The Hall–Kier alpha value is -1.32. The van der Waals surface area contributed by atoms with Crippen LogP contribution in [-0.2, 0) is 19.1 Å². The number of rotatable bonds is 5. The second-order valence-corrected chi connectivity index (χ2v) is 5.15. The smallest absolute Gasteiger partial charge is 0.320 e. The SMILES string of the molecule is CC(C)OC(=O)C(C(=O)OC(C)C)C1CC=CC1. The van der Waals surface area contributed by atoms with Crippen molar-refractivity contribution in [1.82, 2.24) is 0 Å². The summed E-state index contributed by atoms with van der Waals surface area (Å²) in [6.07, 6.45) is 4.99. The number of ether oxygens (including phenoxy) is 2. The van der Waals surface area contributed by atoms with E-state index in [1.165, 1.54) is 0 Å². The number of esters is 2. The fourth-order valence-electron chi connectivity index (χ4n) is 2.00. The van der Waals surface area contributed by atoms with E-state index in [1.54, 1.807) is 27.7 Å². The monoisotopic (exact) mass is 254 g/mol. The predicted octanol–water partition coefficient (Wildman–Crippen LogP) is 2.47. The molecule has 0 atom stereocenters. The van der Waals surface area contributed by atoms with Crippen LogP contribution >= 0.6 is 0 Å². The van der Waals surface area contributed by atoms with Crippen molar-refractivity contribution in [3.8, 4) is 0 Å². The van der Waals surface area contributed by atoms with Gasteiger partial charge in [-0.05, 0) is 46.5 Å². The lowest BCUT2D eigenvalue weighted by molar-refractivity contribution is -0.169. The van der Waals surface area contributed by atoms with Crippen molar-refractivity contribution in [3.05, 3.63) is 12.2 Å². The van der Waals surface area contributed by atoms with E-state index in [9.17, 15) is 9.59 Å². The molecule has 0 N–H and O–H groups in total. The van der Waals surface area contributed by atoms with E-state index in [1.807, 2.05) is 12.2 Å². The molecular formula is C14H22O4. The van der Waals surface area contributed by atoms with Crippen LogP contribution in [0.5, 0.6) is 0 Å². The summed E-state index contributed by atoms with van der Waals surface area (Å²) in [4.78, 5) is 24.0. The first-order valence-corrected chi connectivity index (χ1v) is 6.47. The van der Waals surface area contributed by atoms with Gasteiger partial charge in [0, 0.05) is 0 Å². The van der Waals surface area contributed by atoms with Gasteiger partial charge in [0.15, 0.2) is 5.92 Å². The van der Waals surface area contributed by atoms with Gasteiger partial charge in [0.2, 0.25) is 0 Å². The van der Waals surface area contributed by atoms with Crippen LogP contribution in [0.2, 0.25) is 0 Å². The van der Waals surface area contributed by atoms with E-state index < -0.39 is 17.9 Å². The van der Waals surface area contributed by atoms with Crippen molar-refractivity contribution in [2.75, 3.05) is 0 Å². The lowest BCUT2D eigenvalue weighted by atomic mass is 9.90. The van der Waals surface area contributed by atoms with Gasteiger partial charge in [-0.1, -0.05) is 12.2 Å². The van der Waals surface area contributed by atoms with Gasteiger partial charge in [0.1, 0.15) is 0 Å². The van der Waals surface area contributed by atoms with Gasteiger partial charge >= 0.3 is 11.9 Å².